The molecule has 0 radical (unpaired) electrons. The van der Waals surface area contributed by atoms with Gasteiger partial charge >= 0.3 is 0 Å². The van der Waals surface area contributed by atoms with Gasteiger partial charge in [0.25, 0.3) is 0 Å². The number of rotatable bonds is 2. The van der Waals surface area contributed by atoms with Crippen LogP contribution in [-0.4, -0.2) is 0 Å². The van der Waals surface area contributed by atoms with Gasteiger partial charge in [0.1, 0.15) is 0 Å². The first-order valence-corrected chi connectivity index (χ1v) is 8.12. The van der Waals surface area contributed by atoms with Crippen LogP contribution in [0.3, 0.4) is 0 Å². The fraction of sp³-hybridized carbons (Fsp3) is 0.167. The lowest BCUT2D eigenvalue weighted by atomic mass is 10.1. The standard InChI is InChI=1S/C12H8Br2Cl2S/c1-6-4-10(17-12(6)16)11(14)8-5-7(15)2-3-9(8)13/h2-5,11H,1H3. The molecular formula is C12H8Br2Cl2S. The second kappa shape index (κ2) is 5.62. The first-order chi connectivity index (χ1) is 7.99. The Bertz CT molecular complexity index is 532. The van der Waals surface area contributed by atoms with E-state index in [0.29, 0.717) is 0 Å². The molecule has 1 atom stereocenters. The summed E-state index contributed by atoms with van der Waals surface area (Å²) in [4.78, 5) is 1.28. The molecule has 0 aliphatic heterocycles. The van der Waals surface area contributed by atoms with Crippen LogP contribution in [0.2, 0.25) is 9.36 Å². The molecule has 0 saturated carbocycles. The van der Waals surface area contributed by atoms with Crippen LogP contribution in [0.15, 0.2) is 28.7 Å². The normalized spacial score (nSPS) is 12.8. The van der Waals surface area contributed by atoms with E-state index in [1.54, 1.807) is 11.3 Å². The predicted molar refractivity (Wildman–Crippen MR) is 84.0 cm³/mol. The van der Waals surface area contributed by atoms with Gasteiger partial charge < -0.3 is 0 Å². The van der Waals surface area contributed by atoms with Crippen LogP contribution in [0.5, 0.6) is 0 Å². The van der Waals surface area contributed by atoms with E-state index in [4.69, 9.17) is 23.2 Å². The molecule has 2 aromatic rings. The lowest BCUT2D eigenvalue weighted by Crippen LogP contribution is -1.91. The molecular weight excluding hydrogens is 407 g/mol. The van der Waals surface area contributed by atoms with E-state index in [1.807, 2.05) is 25.1 Å². The molecule has 0 saturated heterocycles. The number of hydrogen-bond donors (Lipinski definition) is 0. The minimum Gasteiger partial charge on any atom is -0.127 e. The fourth-order valence-corrected chi connectivity index (χ4v) is 4.44. The molecule has 0 nitrogen and oxygen atoms in total. The van der Waals surface area contributed by atoms with Crippen molar-refractivity contribution in [1.82, 2.24) is 0 Å². The van der Waals surface area contributed by atoms with Crippen molar-refractivity contribution >= 4 is 66.4 Å². The summed E-state index contributed by atoms with van der Waals surface area (Å²) in [7, 11) is 0. The lowest BCUT2D eigenvalue weighted by Gasteiger charge is -2.10. The summed E-state index contributed by atoms with van der Waals surface area (Å²) in [5.41, 5.74) is 2.21. The minimum atomic E-state index is 0.103. The van der Waals surface area contributed by atoms with Crippen molar-refractivity contribution in [2.24, 2.45) is 0 Å². The molecule has 17 heavy (non-hydrogen) atoms. The zero-order valence-electron chi connectivity index (χ0n) is 8.81. The zero-order chi connectivity index (χ0) is 12.6. The Kier molecular flexibility index (Phi) is 4.59. The van der Waals surface area contributed by atoms with Crippen LogP contribution < -0.4 is 0 Å². The van der Waals surface area contributed by atoms with Crippen molar-refractivity contribution in [3.05, 3.63) is 54.1 Å². The van der Waals surface area contributed by atoms with E-state index in [0.717, 1.165) is 25.0 Å². The van der Waals surface area contributed by atoms with Crippen molar-refractivity contribution in [3.8, 4) is 0 Å². The Morgan fingerprint density at radius 2 is 1.94 bits per heavy atom. The molecule has 0 bridgehead atoms. The summed E-state index contributed by atoms with van der Waals surface area (Å²) in [6.07, 6.45) is 0. The van der Waals surface area contributed by atoms with E-state index in [1.165, 1.54) is 4.88 Å². The molecule has 0 spiro atoms. The summed E-state index contributed by atoms with van der Waals surface area (Å²) in [6.45, 7) is 2.01. The average molecular weight is 415 g/mol. The number of aryl methyl sites for hydroxylation is 1. The van der Waals surface area contributed by atoms with Gasteiger partial charge in [-0.25, -0.2) is 0 Å². The minimum absolute atomic E-state index is 0.103. The van der Waals surface area contributed by atoms with E-state index in [9.17, 15) is 0 Å². The number of halogens is 4. The van der Waals surface area contributed by atoms with Crippen molar-refractivity contribution in [2.75, 3.05) is 0 Å². The Morgan fingerprint density at radius 3 is 2.53 bits per heavy atom. The van der Waals surface area contributed by atoms with Crippen molar-refractivity contribution in [3.63, 3.8) is 0 Å². The number of alkyl halides is 1. The highest BCUT2D eigenvalue weighted by atomic mass is 79.9. The Balaban J connectivity index is 2.42. The maximum atomic E-state index is 6.09. The zero-order valence-corrected chi connectivity index (χ0v) is 14.3. The second-order valence-electron chi connectivity index (χ2n) is 3.63. The van der Waals surface area contributed by atoms with Gasteiger partial charge in [-0.2, -0.15) is 0 Å². The van der Waals surface area contributed by atoms with Gasteiger partial charge in [-0.3, -0.25) is 0 Å². The molecule has 0 N–H and O–H groups in total. The quantitative estimate of drug-likeness (QED) is 0.485. The maximum absolute atomic E-state index is 6.09. The third kappa shape index (κ3) is 3.07. The highest BCUT2D eigenvalue weighted by Gasteiger charge is 2.17. The molecule has 0 aliphatic rings. The summed E-state index contributed by atoms with van der Waals surface area (Å²) in [6, 6.07) is 7.86. The SMILES string of the molecule is Cc1cc(C(Br)c2cc(Cl)ccc2Br)sc1Cl. The van der Waals surface area contributed by atoms with Crippen molar-refractivity contribution in [2.45, 2.75) is 11.8 Å². The Morgan fingerprint density at radius 1 is 1.24 bits per heavy atom. The molecule has 0 aliphatic carbocycles. The highest BCUT2D eigenvalue weighted by molar-refractivity contribution is 9.11. The van der Waals surface area contributed by atoms with Crippen LogP contribution in [0.1, 0.15) is 20.8 Å². The van der Waals surface area contributed by atoms with Gasteiger partial charge in [-0.05, 0) is 42.3 Å². The average Bonchev–Trinajstić information content (AvgIpc) is 2.62. The first-order valence-electron chi connectivity index (χ1n) is 4.84. The molecule has 1 heterocycles. The highest BCUT2D eigenvalue weighted by Crippen LogP contribution is 2.41. The van der Waals surface area contributed by atoms with E-state index in [2.05, 4.69) is 37.9 Å². The van der Waals surface area contributed by atoms with Crippen molar-refractivity contribution < 1.29 is 0 Å². The monoisotopic (exact) mass is 412 g/mol. The Hall–Kier alpha value is 0.460. The lowest BCUT2D eigenvalue weighted by molar-refractivity contribution is 1.20. The van der Waals surface area contributed by atoms with Crippen LogP contribution >= 0.6 is 66.4 Å². The van der Waals surface area contributed by atoms with E-state index < -0.39 is 0 Å². The van der Waals surface area contributed by atoms with Crippen molar-refractivity contribution in [1.29, 1.82) is 0 Å². The van der Waals surface area contributed by atoms with Crippen LogP contribution in [-0.2, 0) is 0 Å². The molecule has 1 aromatic carbocycles. The number of benzene rings is 1. The molecule has 90 valence electrons. The summed E-state index contributed by atoms with van der Waals surface area (Å²) in [5, 5.41) is 0.729. The fourth-order valence-electron chi connectivity index (χ4n) is 1.47. The Labute approximate surface area is 131 Å². The van der Waals surface area contributed by atoms with Gasteiger partial charge in [-0.15, -0.1) is 11.3 Å². The first kappa shape index (κ1) is 13.9. The number of hydrogen-bond acceptors (Lipinski definition) is 1. The van der Waals surface area contributed by atoms with Crippen LogP contribution in [0.25, 0.3) is 0 Å². The van der Waals surface area contributed by atoms with Gasteiger partial charge in [0.05, 0.1) is 9.16 Å². The van der Waals surface area contributed by atoms with Crippen LogP contribution in [0.4, 0.5) is 0 Å². The molecule has 1 unspecified atom stereocenters. The third-order valence-electron chi connectivity index (χ3n) is 2.36. The predicted octanol–water partition coefficient (Wildman–Crippen LogP) is 6.61. The molecule has 1 aromatic heterocycles. The largest absolute Gasteiger partial charge is 0.127 e. The van der Waals surface area contributed by atoms with Gasteiger partial charge in [-0.1, -0.05) is 55.1 Å². The number of thiophene rings is 1. The second-order valence-corrected chi connectivity index (χ2v) is 7.53. The summed E-state index contributed by atoms with van der Waals surface area (Å²) >= 11 is 20.9. The summed E-state index contributed by atoms with van der Waals surface area (Å²) < 4.78 is 1.87. The van der Waals surface area contributed by atoms with Crippen LogP contribution in [0, 0.1) is 6.92 Å². The van der Waals surface area contributed by atoms with E-state index >= 15 is 0 Å². The molecule has 0 amide bonds. The molecule has 0 fully saturated rings. The topological polar surface area (TPSA) is 0 Å². The third-order valence-corrected chi connectivity index (χ3v) is 6.22. The smallest absolute Gasteiger partial charge is 0.0960 e. The van der Waals surface area contributed by atoms with Gasteiger partial charge in [0, 0.05) is 14.4 Å². The maximum Gasteiger partial charge on any atom is 0.0960 e. The summed E-state index contributed by atoms with van der Waals surface area (Å²) in [5.74, 6) is 0. The van der Waals surface area contributed by atoms with Gasteiger partial charge in [0.2, 0.25) is 0 Å². The van der Waals surface area contributed by atoms with Gasteiger partial charge in [0.15, 0.2) is 0 Å². The molecule has 5 heteroatoms. The van der Waals surface area contributed by atoms with E-state index in [-0.39, 0.29) is 4.83 Å². The molecule has 2 rings (SSSR count).